The van der Waals surface area contributed by atoms with Crippen LogP contribution in [0, 0.1) is 13.8 Å². The summed E-state index contributed by atoms with van der Waals surface area (Å²) >= 11 is 0. The molecule has 0 unspecified atom stereocenters. The van der Waals surface area contributed by atoms with Crippen LogP contribution in [0.1, 0.15) is 11.5 Å². The van der Waals surface area contributed by atoms with Crippen molar-refractivity contribution in [3.63, 3.8) is 0 Å². The molecule has 0 radical (unpaired) electrons. The molecule has 0 aliphatic carbocycles. The zero-order valence-corrected chi connectivity index (χ0v) is 9.27. The summed E-state index contributed by atoms with van der Waals surface area (Å²) in [6.07, 6.45) is 2.00. The number of nitrogens with zero attached hydrogens (tertiary/aromatic N) is 2. The summed E-state index contributed by atoms with van der Waals surface area (Å²) in [5, 5.41) is 0. The minimum atomic E-state index is 0.820. The maximum Gasteiger partial charge on any atom is 0.154 e. The van der Waals surface area contributed by atoms with Gasteiger partial charge in [-0.15, -0.1) is 0 Å². The van der Waals surface area contributed by atoms with E-state index < -0.39 is 0 Å². The van der Waals surface area contributed by atoms with Crippen LogP contribution in [0.3, 0.4) is 0 Å². The molecule has 3 heterocycles. The fourth-order valence-corrected chi connectivity index (χ4v) is 1.84. The highest BCUT2D eigenvalue weighted by Crippen LogP contribution is 2.22. The maximum atomic E-state index is 5.56. The monoisotopic (exact) mass is 212 g/mol. The van der Waals surface area contributed by atoms with Crippen molar-refractivity contribution in [2.24, 2.45) is 0 Å². The molecular formula is C13H12N2O. The Morgan fingerprint density at radius 1 is 1.12 bits per heavy atom. The minimum absolute atomic E-state index is 0.820. The number of imidazole rings is 1. The largest absolute Gasteiger partial charge is 0.460 e. The van der Waals surface area contributed by atoms with Gasteiger partial charge in [0.25, 0.3) is 0 Å². The van der Waals surface area contributed by atoms with E-state index in [-0.39, 0.29) is 0 Å². The van der Waals surface area contributed by atoms with E-state index in [0.717, 1.165) is 22.9 Å². The predicted octanol–water partition coefficient (Wildman–Crippen LogP) is 3.21. The summed E-state index contributed by atoms with van der Waals surface area (Å²) in [5.74, 6) is 1.73. The summed E-state index contributed by atoms with van der Waals surface area (Å²) in [7, 11) is 0. The molecule has 0 aromatic carbocycles. The topological polar surface area (TPSA) is 30.4 Å². The Balaban J connectivity index is 2.22. The lowest BCUT2D eigenvalue weighted by atomic mass is 10.3. The molecule has 3 nitrogen and oxygen atoms in total. The van der Waals surface area contributed by atoms with E-state index in [1.807, 2.05) is 37.4 Å². The molecule has 0 saturated carbocycles. The Morgan fingerprint density at radius 3 is 2.69 bits per heavy atom. The molecule has 3 heteroatoms. The Kier molecular flexibility index (Phi) is 1.86. The van der Waals surface area contributed by atoms with Crippen molar-refractivity contribution >= 4 is 5.65 Å². The lowest BCUT2D eigenvalue weighted by Crippen LogP contribution is -1.86. The molecule has 3 rings (SSSR count). The van der Waals surface area contributed by atoms with Gasteiger partial charge in [-0.2, -0.15) is 0 Å². The van der Waals surface area contributed by atoms with Crippen LogP contribution in [-0.2, 0) is 0 Å². The number of aryl methyl sites for hydroxylation is 2. The van der Waals surface area contributed by atoms with Crippen LogP contribution in [-0.4, -0.2) is 9.38 Å². The van der Waals surface area contributed by atoms with Crippen LogP contribution < -0.4 is 0 Å². The maximum absolute atomic E-state index is 5.56. The van der Waals surface area contributed by atoms with Crippen molar-refractivity contribution < 1.29 is 4.42 Å². The van der Waals surface area contributed by atoms with Gasteiger partial charge in [-0.25, -0.2) is 4.98 Å². The highest BCUT2D eigenvalue weighted by atomic mass is 16.3. The van der Waals surface area contributed by atoms with Crippen LogP contribution in [0.25, 0.3) is 17.1 Å². The van der Waals surface area contributed by atoms with Gasteiger partial charge in [-0.1, -0.05) is 6.07 Å². The average Bonchev–Trinajstić information content (AvgIpc) is 2.84. The van der Waals surface area contributed by atoms with Gasteiger partial charge >= 0.3 is 0 Å². The van der Waals surface area contributed by atoms with Crippen molar-refractivity contribution in [2.75, 3.05) is 0 Å². The second-order valence-electron chi connectivity index (χ2n) is 3.93. The summed E-state index contributed by atoms with van der Waals surface area (Å²) in [6, 6.07) is 9.96. The van der Waals surface area contributed by atoms with Gasteiger partial charge in [0.15, 0.2) is 5.76 Å². The summed E-state index contributed by atoms with van der Waals surface area (Å²) in [5.41, 5.74) is 2.99. The van der Waals surface area contributed by atoms with Gasteiger partial charge < -0.3 is 8.82 Å². The molecule has 0 aliphatic rings. The number of hydrogen-bond acceptors (Lipinski definition) is 2. The lowest BCUT2D eigenvalue weighted by Gasteiger charge is -1.95. The normalized spacial score (nSPS) is 11.1. The van der Waals surface area contributed by atoms with E-state index in [4.69, 9.17) is 4.42 Å². The van der Waals surface area contributed by atoms with Crippen molar-refractivity contribution in [1.82, 2.24) is 9.38 Å². The zero-order chi connectivity index (χ0) is 11.1. The van der Waals surface area contributed by atoms with Gasteiger partial charge in [-0.3, -0.25) is 0 Å². The standard InChI is InChI=1S/C13H12N2O/c1-9-4-3-5-13-14-11(8-15(9)13)12-7-6-10(2)16-12/h3-8H,1-2H3. The van der Waals surface area contributed by atoms with Crippen molar-refractivity contribution in [3.8, 4) is 11.5 Å². The second-order valence-corrected chi connectivity index (χ2v) is 3.93. The number of pyridine rings is 1. The number of hydrogen-bond donors (Lipinski definition) is 0. The van der Waals surface area contributed by atoms with Gasteiger partial charge in [0.2, 0.25) is 0 Å². The van der Waals surface area contributed by atoms with E-state index in [1.54, 1.807) is 0 Å². The summed E-state index contributed by atoms with van der Waals surface area (Å²) in [6.45, 7) is 4.00. The van der Waals surface area contributed by atoms with Gasteiger partial charge in [-0.05, 0) is 38.1 Å². The van der Waals surface area contributed by atoms with Gasteiger partial charge in [0.1, 0.15) is 17.1 Å². The summed E-state index contributed by atoms with van der Waals surface area (Å²) < 4.78 is 7.63. The van der Waals surface area contributed by atoms with Crippen LogP contribution in [0.5, 0.6) is 0 Å². The van der Waals surface area contributed by atoms with Crippen LogP contribution in [0.15, 0.2) is 40.9 Å². The smallest absolute Gasteiger partial charge is 0.154 e. The van der Waals surface area contributed by atoms with E-state index in [2.05, 4.69) is 22.4 Å². The molecule has 0 bridgehead atoms. The van der Waals surface area contributed by atoms with E-state index in [9.17, 15) is 0 Å². The Hall–Kier alpha value is -2.03. The van der Waals surface area contributed by atoms with E-state index >= 15 is 0 Å². The first-order chi connectivity index (χ1) is 7.74. The van der Waals surface area contributed by atoms with E-state index in [1.165, 1.54) is 5.69 Å². The molecule has 0 saturated heterocycles. The molecule has 0 spiro atoms. The molecule has 0 N–H and O–H groups in total. The fraction of sp³-hybridized carbons (Fsp3) is 0.154. The second kappa shape index (κ2) is 3.23. The molecule has 0 aliphatic heterocycles. The van der Waals surface area contributed by atoms with Crippen molar-refractivity contribution in [3.05, 3.63) is 48.0 Å². The minimum Gasteiger partial charge on any atom is -0.460 e. The first-order valence-corrected chi connectivity index (χ1v) is 5.25. The Morgan fingerprint density at radius 2 is 2.00 bits per heavy atom. The molecule has 0 amide bonds. The molecule has 80 valence electrons. The molecule has 3 aromatic rings. The highest BCUT2D eigenvalue weighted by Gasteiger charge is 2.08. The first kappa shape index (κ1) is 9.21. The quantitative estimate of drug-likeness (QED) is 0.620. The summed E-state index contributed by atoms with van der Waals surface area (Å²) in [4.78, 5) is 4.53. The SMILES string of the molecule is Cc1ccc(-c2cn3c(C)cccc3n2)o1. The molecule has 0 atom stereocenters. The number of fused-ring (bicyclic) bond motifs is 1. The number of aromatic nitrogens is 2. The molecule has 0 fully saturated rings. The average molecular weight is 212 g/mol. The molecule has 3 aromatic heterocycles. The first-order valence-electron chi connectivity index (χ1n) is 5.25. The van der Waals surface area contributed by atoms with Crippen molar-refractivity contribution in [1.29, 1.82) is 0 Å². The highest BCUT2D eigenvalue weighted by molar-refractivity contribution is 5.58. The molecule has 16 heavy (non-hydrogen) atoms. The third-order valence-electron chi connectivity index (χ3n) is 2.69. The Labute approximate surface area is 93.4 Å². The fourth-order valence-electron chi connectivity index (χ4n) is 1.84. The lowest BCUT2D eigenvalue weighted by molar-refractivity contribution is 0.547. The van der Waals surface area contributed by atoms with Crippen LogP contribution >= 0.6 is 0 Å². The number of rotatable bonds is 1. The molecular weight excluding hydrogens is 200 g/mol. The number of furan rings is 1. The van der Waals surface area contributed by atoms with Crippen LogP contribution in [0.2, 0.25) is 0 Å². The van der Waals surface area contributed by atoms with Gasteiger partial charge in [0.05, 0.1) is 0 Å². The van der Waals surface area contributed by atoms with Gasteiger partial charge in [0, 0.05) is 11.9 Å². The van der Waals surface area contributed by atoms with Crippen LogP contribution in [0.4, 0.5) is 0 Å². The third kappa shape index (κ3) is 1.33. The van der Waals surface area contributed by atoms with E-state index in [0.29, 0.717) is 0 Å². The predicted molar refractivity (Wildman–Crippen MR) is 62.4 cm³/mol. The van der Waals surface area contributed by atoms with Crippen molar-refractivity contribution in [2.45, 2.75) is 13.8 Å². The zero-order valence-electron chi connectivity index (χ0n) is 9.27. The Bertz CT molecular complexity index is 649. The third-order valence-corrected chi connectivity index (χ3v) is 2.69.